The number of methoxy groups -OCH3 is 1. The van der Waals surface area contributed by atoms with E-state index in [-0.39, 0.29) is 11.3 Å². The number of carbonyl (C=O) groups excluding carboxylic acids is 1. The molecule has 0 radical (unpaired) electrons. The van der Waals surface area contributed by atoms with Crippen molar-refractivity contribution in [3.8, 4) is 5.75 Å². The van der Waals surface area contributed by atoms with E-state index in [4.69, 9.17) is 4.74 Å². The molecule has 28 heavy (non-hydrogen) atoms. The lowest BCUT2D eigenvalue weighted by molar-refractivity contribution is 0.101. The number of hydrogen-bond donors (Lipinski definition) is 0. The Morgan fingerprint density at radius 3 is 2.46 bits per heavy atom. The summed E-state index contributed by atoms with van der Waals surface area (Å²) in [6, 6.07) is 11.6. The van der Waals surface area contributed by atoms with Gasteiger partial charge >= 0.3 is 0 Å². The summed E-state index contributed by atoms with van der Waals surface area (Å²) in [6.07, 6.45) is 4.14. The molecule has 0 atom stereocenters. The van der Waals surface area contributed by atoms with Gasteiger partial charge in [-0.05, 0) is 70.5 Å². The van der Waals surface area contributed by atoms with Crippen molar-refractivity contribution in [2.45, 2.75) is 40.2 Å². The third kappa shape index (κ3) is 3.72. The fraction of sp³-hybridized carbons (Fsp3) is 0.333. The van der Waals surface area contributed by atoms with Gasteiger partial charge in [-0.2, -0.15) is 0 Å². The summed E-state index contributed by atoms with van der Waals surface area (Å²) < 4.78 is 5.66. The molecule has 2 aromatic carbocycles. The maximum Gasteiger partial charge on any atom is 0.159 e. The number of ketones is 1. The Bertz CT molecular complexity index is 953. The minimum Gasteiger partial charge on any atom is -0.496 e. The van der Waals surface area contributed by atoms with E-state index in [9.17, 15) is 4.79 Å². The molecule has 0 saturated heterocycles. The van der Waals surface area contributed by atoms with Crippen LogP contribution in [0.25, 0.3) is 5.57 Å². The van der Waals surface area contributed by atoms with Crippen molar-refractivity contribution in [2.24, 2.45) is 4.99 Å². The molecule has 0 unspecified atom stereocenters. The third-order valence-corrected chi connectivity index (χ3v) is 5.27. The highest BCUT2D eigenvalue weighted by Crippen LogP contribution is 2.41. The summed E-state index contributed by atoms with van der Waals surface area (Å²) in [7, 11) is 1.69. The molecule has 0 saturated carbocycles. The van der Waals surface area contributed by atoms with Crippen LogP contribution >= 0.6 is 0 Å². The monoisotopic (exact) mass is 376 g/mol. The van der Waals surface area contributed by atoms with E-state index in [0.717, 1.165) is 23.5 Å². The van der Waals surface area contributed by atoms with Gasteiger partial charge in [0.15, 0.2) is 5.78 Å². The average Bonchev–Trinajstić information content (AvgIpc) is 2.65. The van der Waals surface area contributed by atoms with Gasteiger partial charge in [0.1, 0.15) is 5.75 Å². The van der Waals surface area contributed by atoms with Crippen molar-refractivity contribution in [3.63, 3.8) is 0 Å². The Hall–Kier alpha value is -2.88. The molecule has 1 heterocycles. The molecular weight excluding hydrogens is 348 g/mol. The Balaban J connectivity index is 2.01. The van der Waals surface area contributed by atoms with Gasteiger partial charge in [0, 0.05) is 41.2 Å². The highest BCUT2D eigenvalue weighted by atomic mass is 16.5. The van der Waals surface area contributed by atoms with Crippen LogP contribution in [0, 0.1) is 0 Å². The van der Waals surface area contributed by atoms with Crippen molar-refractivity contribution in [1.29, 1.82) is 0 Å². The van der Waals surface area contributed by atoms with Gasteiger partial charge in [-0.25, -0.2) is 0 Å². The number of carbonyl (C=O) groups is 1. The summed E-state index contributed by atoms with van der Waals surface area (Å²) in [5, 5.41) is 0. The van der Waals surface area contributed by atoms with Gasteiger partial charge < -0.3 is 9.64 Å². The van der Waals surface area contributed by atoms with Crippen LogP contribution in [0.3, 0.4) is 0 Å². The molecule has 2 aromatic rings. The molecule has 0 spiro atoms. The fourth-order valence-electron chi connectivity index (χ4n) is 3.90. The molecule has 0 amide bonds. The number of ether oxygens (including phenoxy) is 1. The second-order valence-electron chi connectivity index (χ2n) is 7.70. The normalized spacial score (nSPS) is 15.4. The zero-order valence-electron chi connectivity index (χ0n) is 17.5. The van der Waals surface area contributed by atoms with Crippen LogP contribution in [-0.4, -0.2) is 31.2 Å². The predicted octanol–water partition coefficient (Wildman–Crippen LogP) is 5.67. The molecule has 0 N–H and O–H groups in total. The van der Waals surface area contributed by atoms with Gasteiger partial charge in [0.05, 0.1) is 18.3 Å². The quantitative estimate of drug-likeness (QED) is 0.499. The zero-order valence-corrected chi connectivity index (χ0v) is 17.5. The van der Waals surface area contributed by atoms with Crippen molar-refractivity contribution in [2.75, 3.05) is 18.6 Å². The number of hydrogen-bond acceptors (Lipinski definition) is 4. The Labute approximate surface area is 167 Å². The lowest BCUT2D eigenvalue weighted by Gasteiger charge is -2.43. The minimum absolute atomic E-state index is 0.0368. The third-order valence-electron chi connectivity index (χ3n) is 5.27. The van der Waals surface area contributed by atoms with Gasteiger partial charge in [-0.1, -0.05) is 6.08 Å². The molecule has 1 aliphatic heterocycles. The molecule has 4 nitrogen and oxygen atoms in total. The number of Topliss-reactive ketones (excluding diaryl/α,β-unsaturated/α-hetero) is 1. The second-order valence-corrected chi connectivity index (χ2v) is 7.70. The Morgan fingerprint density at radius 1 is 1.21 bits per heavy atom. The number of fused-ring (bicyclic) bond motifs is 1. The van der Waals surface area contributed by atoms with Crippen molar-refractivity contribution in [1.82, 2.24) is 0 Å². The molecule has 0 fully saturated rings. The first kappa shape index (κ1) is 19.9. The first-order valence-corrected chi connectivity index (χ1v) is 9.61. The van der Waals surface area contributed by atoms with E-state index in [1.165, 1.54) is 16.8 Å². The van der Waals surface area contributed by atoms with E-state index >= 15 is 0 Å². The standard InChI is InChI=1S/C24H28N2O2/c1-7-26-22-13-23(28-6)19(12-21(22)16(2)14-24(26,4)5)15-25-20-10-8-18(9-11-20)17(3)27/h8-15H,7H2,1-6H3. The van der Waals surface area contributed by atoms with Crippen LogP contribution in [0.5, 0.6) is 5.75 Å². The summed E-state index contributed by atoms with van der Waals surface area (Å²) >= 11 is 0. The van der Waals surface area contributed by atoms with Crippen LogP contribution in [0.4, 0.5) is 11.4 Å². The largest absolute Gasteiger partial charge is 0.496 e. The maximum atomic E-state index is 11.4. The van der Waals surface area contributed by atoms with Crippen LogP contribution in [0.1, 0.15) is 56.1 Å². The molecule has 0 aliphatic carbocycles. The number of likely N-dealkylation sites (N-methyl/N-ethyl adjacent to an activating group) is 1. The van der Waals surface area contributed by atoms with Crippen molar-refractivity contribution >= 4 is 28.9 Å². The Morgan fingerprint density at radius 2 is 1.89 bits per heavy atom. The first-order chi connectivity index (χ1) is 13.3. The number of benzene rings is 2. The van der Waals surface area contributed by atoms with Crippen LogP contribution in [-0.2, 0) is 0 Å². The van der Waals surface area contributed by atoms with Crippen LogP contribution in [0.15, 0.2) is 47.5 Å². The number of nitrogens with zero attached hydrogens (tertiary/aromatic N) is 2. The van der Waals surface area contributed by atoms with Gasteiger partial charge in [-0.15, -0.1) is 0 Å². The van der Waals surface area contributed by atoms with E-state index in [1.54, 1.807) is 26.2 Å². The fourth-order valence-corrected chi connectivity index (χ4v) is 3.90. The van der Waals surface area contributed by atoms with E-state index in [1.807, 2.05) is 18.3 Å². The predicted molar refractivity (Wildman–Crippen MR) is 117 cm³/mol. The zero-order chi connectivity index (χ0) is 20.5. The topological polar surface area (TPSA) is 41.9 Å². The van der Waals surface area contributed by atoms with Gasteiger partial charge in [0.25, 0.3) is 0 Å². The highest BCUT2D eigenvalue weighted by molar-refractivity contribution is 5.95. The SMILES string of the molecule is CCN1c2cc(OC)c(C=Nc3ccc(C(C)=O)cc3)cc2C(C)=CC1(C)C. The molecule has 4 heteroatoms. The summed E-state index contributed by atoms with van der Waals surface area (Å²) in [4.78, 5) is 18.4. The molecule has 0 bridgehead atoms. The first-order valence-electron chi connectivity index (χ1n) is 9.61. The highest BCUT2D eigenvalue weighted by Gasteiger charge is 2.31. The van der Waals surface area contributed by atoms with E-state index < -0.39 is 0 Å². The van der Waals surface area contributed by atoms with Crippen molar-refractivity contribution < 1.29 is 9.53 Å². The van der Waals surface area contributed by atoms with E-state index in [0.29, 0.717) is 5.56 Å². The second kappa shape index (κ2) is 7.63. The lowest BCUT2D eigenvalue weighted by Crippen LogP contribution is -2.44. The average molecular weight is 377 g/mol. The van der Waals surface area contributed by atoms with Gasteiger partial charge in [-0.3, -0.25) is 9.79 Å². The van der Waals surface area contributed by atoms with E-state index in [2.05, 4.69) is 55.8 Å². The molecule has 0 aromatic heterocycles. The number of rotatable bonds is 5. The molecular formula is C24H28N2O2. The van der Waals surface area contributed by atoms with Crippen molar-refractivity contribution in [3.05, 3.63) is 59.2 Å². The van der Waals surface area contributed by atoms with Gasteiger partial charge in [0.2, 0.25) is 0 Å². The number of anilines is 1. The smallest absolute Gasteiger partial charge is 0.159 e. The molecule has 1 aliphatic rings. The summed E-state index contributed by atoms with van der Waals surface area (Å²) in [5.74, 6) is 0.851. The summed E-state index contributed by atoms with van der Waals surface area (Å²) in [6.45, 7) is 11.3. The van der Waals surface area contributed by atoms with Crippen LogP contribution < -0.4 is 9.64 Å². The number of allylic oxidation sites excluding steroid dienone is 1. The molecule has 146 valence electrons. The number of aliphatic imine (C=N–C) groups is 1. The lowest BCUT2D eigenvalue weighted by atomic mass is 9.88. The minimum atomic E-state index is -0.0368. The maximum absolute atomic E-state index is 11.4. The van der Waals surface area contributed by atoms with Crippen LogP contribution in [0.2, 0.25) is 0 Å². The summed E-state index contributed by atoms with van der Waals surface area (Å²) in [5.41, 5.74) is 6.03. The Kier molecular flexibility index (Phi) is 5.41. The molecule has 3 rings (SSSR count).